The van der Waals surface area contributed by atoms with E-state index in [9.17, 15) is 24.0 Å². The van der Waals surface area contributed by atoms with Crippen molar-refractivity contribution in [2.24, 2.45) is 23.2 Å². The van der Waals surface area contributed by atoms with Gasteiger partial charge in [0.25, 0.3) is 5.91 Å². The highest BCUT2D eigenvalue weighted by molar-refractivity contribution is 6.38. The molecule has 1 aromatic carbocycles. The van der Waals surface area contributed by atoms with Gasteiger partial charge in [-0.1, -0.05) is 91.0 Å². The van der Waals surface area contributed by atoms with Gasteiger partial charge in [-0.3, -0.25) is 24.0 Å². The Morgan fingerprint density at radius 1 is 1.00 bits per heavy atom. The molecule has 12 nitrogen and oxygen atoms in total. The molecule has 0 bridgehead atoms. The summed E-state index contributed by atoms with van der Waals surface area (Å²) in [6.45, 7) is 14.0. The van der Waals surface area contributed by atoms with Crippen LogP contribution in [0.3, 0.4) is 0 Å². The first-order valence-corrected chi connectivity index (χ1v) is 19.1. The summed E-state index contributed by atoms with van der Waals surface area (Å²) in [7, 11) is 0. The average Bonchev–Trinajstić information content (AvgIpc) is 3.83. The van der Waals surface area contributed by atoms with E-state index in [0.717, 1.165) is 32.1 Å². The van der Waals surface area contributed by atoms with Crippen molar-refractivity contribution in [2.75, 3.05) is 13.1 Å². The molecule has 5 atom stereocenters. The maximum absolute atomic E-state index is 15.0. The van der Waals surface area contributed by atoms with Gasteiger partial charge in [0.1, 0.15) is 23.9 Å². The molecule has 0 radical (unpaired) electrons. The van der Waals surface area contributed by atoms with Crippen LogP contribution in [0.1, 0.15) is 98.8 Å². The number of carbonyl (C=O) groups is 6. The second-order valence-electron chi connectivity index (χ2n) is 16.7. The number of hydrogen-bond donors (Lipinski definition) is 3. The fourth-order valence-corrected chi connectivity index (χ4v) is 8.60. The molecule has 1 aromatic rings. The Hall–Kier alpha value is -4.22. The summed E-state index contributed by atoms with van der Waals surface area (Å²) in [5, 5.41) is 8.29. The Balaban J connectivity index is 1.42. The molecule has 2 aliphatic heterocycles. The van der Waals surface area contributed by atoms with Crippen LogP contribution in [0, 0.1) is 23.2 Å². The summed E-state index contributed by atoms with van der Waals surface area (Å²) in [6, 6.07) is 5.00. The molecule has 5 amide bonds. The summed E-state index contributed by atoms with van der Waals surface area (Å²) >= 11 is 0. The Bertz CT molecular complexity index is 1510. The summed E-state index contributed by atoms with van der Waals surface area (Å²) < 4.78 is 5.50. The molecule has 2 saturated heterocycles. The minimum absolute atomic E-state index is 0.130. The van der Waals surface area contributed by atoms with E-state index in [-0.39, 0.29) is 36.1 Å². The largest absolute Gasteiger partial charge is 0.413 e. The number of amides is 5. The van der Waals surface area contributed by atoms with Crippen LogP contribution >= 0.6 is 0 Å². The topological polar surface area (TPSA) is 154 Å². The van der Waals surface area contributed by atoms with Gasteiger partial charge in [-0.15, -0.1) is 6.58 Å². The van der Waals surface area contributed by atoms with Gasteiger partial charge in [-0.25, -0.2) is 4.79 Å². The van der Waals surface area contributed by atoms with E-state index in [0.29, 0.717) is 44.4 Å². The van der Waals surface area contributed by atoms with Crippen LogP contribution < -0.4 is 20.7 Å². The Morgan fingerprint density at radius 2 is 1.67 bits per heavy atom. The zero-order valence-electron chi connectivity index (χ0n) is 31.5. The molecule has 52 heavy (non-hydrogen) atoms. The van der Waals surface area contributed by atoms with E-state index in [2.05, 4.69) is 36.4 Å². The lowest BCUT2D eigenvalue weighted by molar-refractivity contribution is -0.187. The van der Waals surface area contributed by atoms with Crippen molar-refractivity contribution >= 4 is 35.5 Å². The molecular formula is C40H57N5O7. The first-order valence-electron chi connectivity index (χ1n) is 19.1. The number of carbonyl (C=O) groups excluding carboxylic acids is 6. The van der Waals surface area contributed by atoms with Gasteiger partial charge in [0.2, 0.25) is 23.5 Å². The molecule has 3 N–H and O–H groups in total. The fourth-order valence-electron chi connectivity index (χ4n) is 8.60. The number of ketones is 1. The highest BCUT2D eigenvalue weighted by Crippen LogP contribution is 2.49. The maximum atomic E-state index is 15.0. The number of hydrogen-bond acceptors (Lipinski definition) is 7. The predicted octanol–water partition coefficient (Wildman–Crippen LogP) is 4.52. The number of benzene rings is 1. The Labute approximate surface area is 307 Å². The quantitative estimate of drug-likeness (QED) is 0.145. The standard InChI is InChI=1S/C40H57N5O7/c1-7-21-41-35(48)31(46)29(24-26-16-17-26)42-34(47)30-27(23-25(2)3)18-22-44(30)37(50)33(39(4,5)6)45-36(49)32(40(45)19-12-9-13-20-40)43-38(51)52-28-14-10-8-11-15-28/h7-8,10-11,14-15,25-27,29-30,32-33H,1,9,12-13,16-24H2,2-6H3,(H,41,48)(H,42,47)(H,43,51)/t27-,29?,30+,32-,33-/m1/s1. The molecule has 0 aromatic heterocycles. The average molecular weight is 720 g/mol. The molecule has 2 aliphatic carbocycles. The van der Waals surface area contributed by atoms with E-state index in [4.69, 9.17) is 4.74 Å². The minimum Gasteiger partial charge on any atom is -0.410 e. The first kappa shape index (κ1) is 39.0. The molecule has 2 heterocycles. The smallest absolute Gasteiger partial charge is 0.410 e. The lowest BCUT2D eigenvalue weighted by Gasteiger charge is -2.63. The van der Waals surface area contributed by atoms with Crippen LogP contribution in [0.2, 0.25) is 0 Å². The van der Waals surface area contributed by atoms with E-state index >= 15 is 4.79 Å². The van der Waals surface area contributed by atoms with E-state index in [1.54, 1.807) is 34.1 Å². The van der Waals surface area contributed by atoms with Crippen molar-refractivity contribution in [1.29, 1.82) is 0 Å². The van der Waals surface area contributed by atoms with Gasteiger partial charge < -0.3 is 30.5 Å². The number of Topliss-reactive ketones (excluding diaryl/α,β-unsaturated/α-hetero) is 1. The highest BCUT2D eigenvalue weighted by atomic mass is 16.6. The fraction of sp³-hybridized carbons (Fsp3) is 0.650. The third kappa shape index (κ3) is 8.52. The first-order chi connectivity index (χ1) is 24.7. The molecule has 284 valence electrons. The van der Waals surface area contributed by atoms with Gasteiger partial charge >= 0.3 is 6.09 Å². The van der Waals surface area contributed by atoms with E-state index in [1.165, 1.54) is 6.08 Å². The monoisotopic (exact) mass is 719 g/mol. The van der Waals surface area contributed by atoms with Crippen LogP contribution in [0.4, 0.5) is 4.79 Å². The highest BCUT2D eigenvalue weighted by Gasteiger charge is 2.66. The van der Waals surface area contributed by atoms with Crippen molar-refractivity contribution in [2.45, 2.75) is 129 Å². The molecular weight excluding hydrogens is 662 g/mol. The summed E-state index contributed by atoms with van der Waals surface area (Å²) in [6.07, 6.45) is 8.14. The van der Waals surface area contributed by atoms with Gasteiger partial charge in [-0.05, 0) is 67.4 Å². The van der Waals surface area contributed by atoms with E-state index in [1.807, 2.05) is 26.8 Å². The maximum Gasteiger partial charge on any atom is 0.413 e. The van der Waals surface area contributed by atoms with Crippen LogP contribution in [0.25, 0.3) is 0 Å². The molecule has 1 spiro atoms. The number of β-lactam (4-membered cyclic amide) rings is 1. The van der Waals surface area contributed by atoms with Crippen LogP contribution in [-0.2, 0) is 24.0 Å². The third-order valence-electron chi connectivity index (χ3n) is 11.1. The van der Waals surface area contributed by atoms with Gasteiger partial charge in [0, 0.05) is 13.1 Å². The van der Waals surface area contributed by atoms with Gasteiger partial charge in [0.05, 0.1) is 11.6 Å². The second-order valence-corrected chi connectivity index (χ2v) is 16.7. The zero-order valence-corrected chi connectivity index (χ0v) is 31.5. The van der Waals surface area contributed by atoms with Gasteiger partial charge in [-0.2, -0.15) is 0 Å². The lowest BCUT2D eigenvalue weighted by atomic mass is 9.65. The second kappa shape index (κ2) is 16.2. The summed E-state index contributed by atoms with van der Waals surface area (Å²) in [5.41, 5.74) is -1.51. The normalized spacial score (nSPS) is 23.7. The molecule has 1 unspecified atom stereocenters. The number of nitrogens with zero attached hydrogens (tertiary/aromatic N) is 2. The molecule has 4 aliphatic rings. The number of ether oxygens (including phenoxy) is 1. The summed E-state index contributed by atoms with van der Waals surface area (Å²) in [5.74, 6) is -1.93. The van der Waals surface area contributed by atoms with E-state index < -0.39 is 58.8 Å². The number of likely N-dealkylation sites (tertiary alicyclic amines) is 2. The van der Waals surface area contributed by atoms with Crippen LogP contribution in [0.15, 0.2) is 43.0 Å². The third-order valence-corrected chi connectivity index (χ3v) is 11.1. The predicted molar refractivity (Wildman–Crippen MR) is 196 cm³/mol. The zero-order chi connectivity index (χ0) is 37.8. The Morgan fingerprint density at radius 3 is 2.27 bits per heavy atom. The van der Waals surface area contributed by atoms with Gasteiger partial charge in [0.15, 0.2) is 0 Å². The molecule has 4 fully saturated rings. The number of nitrogens with one attached hydrogen (secondary N) is 3. The number of para-hydroxylation sites is 1. The van der Waals surface area contributed by atoms with Crippen LogP contribution in [0.5, 0.6) is 5.75 Å². The van der Waals surface area contributed by atoms with Crippen molar-refractivity contribution in [3.05, 3.63) is 43.0 Å². The number of rotatable bonds is 14. The minimum atomic E-state index is -1.01. The SMILES string of the molecule is C=CCNC(=O)C(=O)C(CC1CC1)NC(=O)[C@@H]1[C@@H](CC(C)C)CCN1C(=O)[C@@H](N1C(=O)[C@@H](NC(=O)Oc2ccccc2)C12CCCCC2)C(C)(C)C. The summed E-state index contributed by atoms with van der Waals surface area (Å²) in [4.78, 5) is 86.1. The van der Waals surface area contributed by atoms with Crippen molar-refractivity contribution in [3.8, 4) is 5.75 Å². The van der Waals surface area contributed by atoms with Crippen LogP contribution in [-0.4, -0.2) is 88.1 Å². The lowest BCUT2D eigenvalue weighted by Crippen LogP contribution is -2.83. The molecule has 2 saturated carbocycles. The van der Waals surface area contributed by atoms with Crippen molar-refractivity contribution in [1.82, 2.24) is 25.8 Å². The molecule has 5 rings (SSSR count). The molecule has 12 heteroatoms. The Kier molecular flexibility index (Phi) is 12.2. The van der Waals surface area contributed by atoms with Crippen molar-refractivity contribution < 1.29 is 33.5 Å². The van der Waals surface area contributed by atoms with Crippen molar-refractivity contribution in [3.63, 3.8) is 0 Å².